The monoisotopic (exact) mass is 384 g/mol. The normalized spacial score (nSPS) is 11.3. The number of H-pyrrole nitrogens is 1. The molecule has 0 unspecified atom stereocenters. The summed E-state index contributed by atoms with van der Waals surface area (Å²) in [6, 6.07) is 8.07. The van der Waals surface area contributed by atoms with Crippen LogP contribution >= 0.6 is 0 Å². The number of methoxy groups -OCH3 is 1. The van der Waals surface area contributed by atoms with Crippen molar-refractivity contribution in [2.24, 2.45) is 0 Å². The maximum atomic E-state index is 13.2. The van der Waals surface area contributed by atoms with Gasteiger partial charge in [-0.15, -0.1) is 0 Å². The van der Waals surface area contributed by atoms with E-state index < -0.39 is 4.92 Å². The summed E-state index contributed by atoms with van der Waals surface area (Å²) in [5.41, 5.74) is 0.941. The number of hydrogen-bond acceptors (Lipinski definition) is 6. The van der Waals surface area contributed by atoms with Crippen LogP contribution in [0.1, 0.15) is 13.8 Å². The molecule has 2 aromatic carbocycles. The molecule has 0 aliphatic rings. The standard InChI is InChI=1S/C20H24N4O4/c1-4-23(5-2)11-10-21-16-8-9-17(24(26)27)19-18(16)20(25)14-12-13(28-3)6-7-15(14)22-19/h6-9,12,21H,4-5,10-11H2,1-3H3,(H,22,25). The van der Waals surface area contributed by atoms with Crippen molar-refractivity contribution in [1.82, 2.24) is 9.88 Å². The first kappa shape index (κ1) is 19.6. The van der Waals surface area contributed by atoms with Gasteiger partial charge in [-0.25, -0.2) is 0 Å². The molecule has 0 radical (unpaired) electrons. The van der Waals surface area contributed by atoms with Gasteiger partial charge in [0.05, 0.1) is 22.9 Å². The Balaban J connectivity index is 2.16. The molecule has 0 atom stereocenters. The lowest BCUT2D eigenvalue weighted by atomic mass is 10.1. The highest BCUT2D eigenvalue weighted by Crippen LogP contribution is 2.30. The molecule has 3 aromatic rings. The molecule has 28 heavy (non-hydrogen) atoms. The van der Waals surface area contributed by atoms with Crippen molar-refractivity contribution < 1.29 is 9.66 Å². The van der Waals surface area contributed by atoms with Crippen molar-refractivity contribution in [1.29, 1.82) is 0 Å². The predicted octanol–water partition coefficient (Wildman–Crippen LogP) is 3.35. The summed E-state index contributed by atoms with van der Waals surface area (Å²) < 4.78 is 5.22. The Kier molecular flexibility index (Phi) is 5.79. The van der Waals surface area contributed by atoms with Gasteiger partial charge in [0.25, 0.3) is 5.69 Å². The second-order valence-corrected chi connectivity index (χ2v) is 6.46. The van der Waals surface area contributed by atoms with E-state index in [0.717, 1.165) is 19.6 Å². The number of nitro benzene ring substituents is 1. The number of aromatic nitrogens is 1. The van der Waals surface area contributed by atoms with Gasteiger partial charge < -0.3 is 19.9 Å². The third-order valence-corrected chi connectivity index (χ3v) is 4.98. The molecular formula is C20H24N4O4. The average molecular weight is 384 g/mol. The second kappa shape index (κ2) is 8.26. The second-order valence-electron chi connectivity index (χ2n) is 6.46. The number of nitrogens with one attached hydrogen (secondary N) is 2. The Bertz CT molecular complexity index is 1070. The molecule has 0 amide bonds. The van der Waals surface area contributed by atoms with Gasteiger partial charge in [0.1, 0.15) is 11.3 Å². The Labute approximate surface area is 162 Å². The first-order chi connectivity index (χ1) is 13.5. The van der Waals surface area contributed by atoms with Gasteiger partial charge in [-0.3, -0.25) is 14.9 Å². The summed E-state index contributed by atoms with van der Waals surface area (Å²) in [5.74, 6) is 0.554. The molecule has 0 saturated heterocycles. The topological polar surface area (TPSA) is 100 Å². The lowest BCUT2D eigenvalue weighted by molar-refractivity contribution is -0.383. The fourth-order valence-corrected chi connectivity index (χ4v) is 3.36. The minimum absolute atomic E-state index is 0.126. The zero-order valence-corrected chi connectivity index (χ0v) is 16.2. The number of ether oxygens (including phenoxy) is 1. The number of nitro groups is 1. The lowest BCUT2D eigenvalue weighted by Gasteiger charge is -2.19. The van der Waals surface area contributed by atoms with Gasteiger partial charge in [-0.05, 0) is 37.4 Å². The predicted molar refractivity (Wildman–Crippen MR) is 112 cm³/mol. The molecule has 148 valence electrons. The lowest BCUT2D eigenvalue weighted by Crippen LogP contribution is -2.28. The summed E-state index contributed by atoms with van der Waals surface area (Å²) >= 11 is 0. The van der Waals surface area contributed by atoms with E-state index in [9.17, 15) is 14.9 Å². The number of non-ortho nitro benzene ring substituents is 1. The summed E-state index contributed by atoms with van der Waals surface area (Å²) in [7, 11) is 1.53. The van der Waals surface area contributed by atoms with Gasteiger partial charge in [0.2, 0.25) is 0 Å². The number of pyridine rings is 1. The van der Waals surface area contributed by atoms with Crippen molar-refractivity contribution in [3.05, 3.63) is 50.7 Å². The molecule has 0 saturated carbocycles. The van der Waals surface area contributed by atoms with E-state index in [2.05, 4.69) is 29.0 Å². The molecular weight excluding hydrogens is 360 g/mol. The summed E-state index contributed by atoms with van der Waals surface area (Å²) in [5, 5.41) is 15.5. The highest BCUT2D eigenvalue weighted by atomic mass is 16.6. The van der Waals surface area contributed by atoms with Crippen LogP contribution in [0, 0.1) is 10.1 Å². The zero-order chi connectivity index (χ0) is 20.3. The molecule has 8 nitrogen and oxygen atoms in total. The molecule has 1 heterocycles. The van der Waals surface area contributed by atoms with E-state index in [0.29, 0.717) is 28.9 Å². The molecule has 0 aliphatic heterocycles. The highest BCUT2D eigenvalue weighted by Gasteiger charge is 2.19. The van der Waals surface area contributed by atoms with E-state index in [1.165, 1.54) is 13.2 Å². The number of aromatic amines is 1. The largest absolute Gasteiger partial charge is 0.497 e. The van der Waals surface area contributed by atoms with Crippen molar-refractivity contribution in [3.63, 3.8) is 0 Å². The van der Waals surface area contributed by atoms with Crippen LogP contribution < -0.4 is 15.5 Å². The number of benzene rings is 2. The number of anilines is 1. The van der Waals surface area contributed by atoms with Crippen molar-refractivity contribution in [2.75, 3.05) is 38.6 Å². The van der Waals surface area contributed by atoms with Crippen LogP contribution in [0.5, 0.6) is 5.75 Å². The SMILES string of the molecule is CCN(CC)CCNc1ccc([N+](=O)[O-])c2[nH]c3ccc(OC)cc3c(=O)c12. The van der Waals surface area contributed by atoms with E-state index in [4.69, 9.17) is 4.74 Å². The smallest absolute Gasteiger partial charge is 0.293 e. The van der Waals surface area contributed by atoms with Gasteiger partial charge in [-0.1, -0.05) is 13.8 Å². The van der Waals surface area contributed by atoms with Crippen LogP contribution in [-0.2, 0) is 0 Å². The number of nitrogens with zero attached hydrogens (tertiary/aromatic N) is 2. The fourth-order valence-electron chi connectivity index (χ4n) is 3.36. The Hall–Kier alpha value is -3.13. The molecule has 0 spiro atoms. The molecule has 2 N–H and O–H groups in total. The third-order valence-electron chi connectivity index (χ3n) is 4.98. The van der Waals surface area contributed by atoms with E-state index in [-0.39, 0.29) is 22.0 Å². The maximum absolute atomic E-state index is 13.2. The first-order valence-corrected chi connectivity index (χ1v) is 9.27. The minimum atomic E-state index is -0.479. The van der Waals surface area contributed by atoms with Crippen molar-refractivity contribution in [2.45, 2.75) is 13.8 Å². The Morgan fingerprint density at radius 1 is 1.21 bits per heavy atom. The average Bonchev–Trinajstić information content (AvgIpc) is 2.70. The molecule has 3 rings (SSSR count). The number of hydrogen-bond donors (Lipinski definition) is 2. The Morgan fingerprint density at radius 2 is 1.96 bits per heavy atom. The Morgan fingerprint density at radius 3 is 2.61 bits per heavy atom. The molecule has 0 fully saturated rings. The first-order valence-electron chi connectivity index (χ1n) is 9.27. The van der Waals surface area contributed by atoms with Crippen LogP contribution in [0.25, 0.3) is 21.8 Å². The number of fused-ring (bicyclic) bond motifs is 2. The van der Waals surface area contributed by atoms with Crippen molar-refractivity contribution in [3.8, 4) is 5.75 Å². The third kappa shape index (κ3) is 3.63. The summed E-state index contributed by atoms with van der Waals surface area (Å²) in [6.07, 6.45) is 0. The number of likely N-dealkylation sites (N-methyl/N-ethyl adjacent to an activating group) is 1. The fraction of sp³-hybridized carbons (Fsp3) is 0.350. The van der Waals surface area contributed by atoms with Gasteiger partial charge in [0.15, 0.2) is 5.43 Å². The quantitative estimate of drug-likeness (QED) is 0.351. The van der Waals surface area contributed by atoms with Crippen molar-refractivity contribution >= 4 is 33.2 Å². The molecule has 0 aliphatic carbocycles. The maximum Gasteiger partial charge on any atom is 0.293 e. The van der Waals surface area contributed by atoms with Crippen LogP contribution in [-0.4, -0.2) is 48.1 Å². The summed E-state index contributed by atoms with van der Waals surface area (Å²) in [6.45, 7) is 7.49. The number of rotatable bonds is 8. The minimum Gasteiger partial charge on any atom is -0.497 e. The zero-order valence-electron chi connectivity index (χ0n) is 16.2. The van der Waals surface area contributed by atoms with Gasteiger partial charge >= 0.3 is 0 Å². The molecule has 8 heteroatoms. The molecule has 0 bridgehead atoms. The van der Waals surface area contributed by atoms with E-state index >= 15 is 0 Å². The van der Waals surface area contributed by atoms with Crippen LogP contribution in [0.2, 0.25) is 0 Å². The van der Waals surface area contributed by atoms with E-state index in [1.807, 2.05) is 0 Å². The van der Waals surface area contributed by atoms with Crippen LogP contribution in [0.15, 0.2) is 35.1 Å². The van der Waals surface area contributed by atoms with Crippen LogP contribution in [0.3, 0.4) is 0 Å². The van der Waals surface area contributed by atoms with Crippen LogP contribution in [0.4, 0.5) is 11.4 Å². The van der Waals surface area contributed by atoms with Gasteiger partial charge in [0, 0.05) is 30.2 Å². The van der Waals surface area contributed by atoms with Gasteiger partial charge in [-0.2, -0.15) is 0 Å². The molecule has 1 aromatic heterocycles. The highest BCUT2D eigenvalue weighted by molar-refractivity contribution is 6.03. The summed E-state index contributed by atoms with van der Waals surface area (Å²) in [4.78, 5) is 29.5. The van der Waals surface area contributed by atoms with E-state index in [1.54, 1.807) is 24.3 Å².